The Morgan fingerprint density at radius 3 is 1.42 bits per heavy atom. The molecule has 0 saturated heterocycles. The van der Waals surface area contributed by atoms with Crippen LogP contribution in [0.15, 0.2) is 194 Å². The Hall–Kier alpha value is -6.64. The van der Waals surface area contributed by atoms with E-state index < -0.39 is 0 Å². The summed E-state index contributed by atoms with van der Waals surface area (Å²) in [5.41, 5.74) is 14.4. The summed E-state index contributed by atoms with van der Waals surface area (Å²) < 4.78 is 4.90. The van der Waals surface area contributed by atoms with Gasteiger partial charge in [0.2, 0.25) is 0 Å². The molecule has 0 radical (unpaired) electrons. The molecule has 8 aromatic carbocycles. The van der Waals surface area contributed by atoms with Crippen LogP contribution in [0.25, 0.3) is 88.4 Å². The lowest BCUT2D eigenvalue weighted by molar-refractivity contribution is 1.17. The summed E-state index contributed by atoms with van der Waals surface area (Å²) in [5, 5.41) is 5.03. The van der Waals surface area contributed by atoms with Gasteiger partial charge in [-0.05, 0) is 75.8 Å². The maximum Gasteiger partial charge on any atom is 0.0641 e. The molecule has 10 aromatic rings. The van der Waals surface area contributed by atoms with Gasteiger partial charge in [-0.1, -0.05) is 152 Å². The van der Waals surface area contributed by atoms with Gasteiger partial charge >= 0.3 is 0 Å². The van der Waals surface area contributed by atoms with Crippen molar-refractivity contribution in [3.63, 3.8) is 0 Å². The van der Waals surface area contributed by atoms with E-state index in [4.69, 9.17) is 0 Å². The molecule has 0 N–H and O–H groups in total. The highest BCUT2D eigenvalue weighted by Gasteiger charge is 2.21. The minimum Gasteiger partial charge on any atom is -0.309 e. The quantitative estimate of drug-likeness (QED) is 0.178. The average Bonchev–Trinajstić information content (AvgIpc) is 3.72. The first-order valence-corrected chi connectivity index (χ1v) is 17.2. The Morgan fingerprint density at radius 2 is 0.760 bits per heavy atom. The van der Waals surface area contributed by atoms with E-state index in [1.54, 1.807) is 0 Å². The standard InChI is InChI=1S/C48H32N2/c1-3-12-33(13-4-1)35-22-24-36(25-23-35)37-26-28-39(29-27-37)49-45-21-10-8-19-43(45)47-46(49)31-30-42-41-18-7-9-20-44(41)50(48(42)47)40-17-11-16-38(32-40)34-14-5-2-6-15-34/h1-32H. The van der Waals surface area contributed by atoms with Gasteiger partial charge in [-0.3, -0.25) is 0 Å². The number of benzene rings is 8. The number of rotatable bonds is 5. The summed E-state index contributed by atoms with van der Waals surface area (Å²) in [6.45, 7) is 0. The lowest BCUT2D eigenvalue weighted by Gasteiger charge is -2.12. The fraction of sp³-hybridized carbons (Fsp3) is 0. The normalized spacial score (nSPS) is 11.6. The molecule has 0 unspecified atom stereocenters. The van der Waals surface area contributed by atoms with Crippen molar-refractivity contribution >= 4 is 43.6 Å². The number of hydrogen-bond acceptors (Lipinski definition) is 0. The van der Waals surface area contributed by atoms with Crippen LogP contribution in [0.2, 0.25) is 0 Å². The van der Waals surface area contributed by atoms with Crippen LogP contribution in [0.3, 0.4) is 0 Å². The van der Waals surface area contributed by atoms with Crippen molar-refractivity contribution in [2.75, 3.05) is 0 Å². The molecule has 0 bridgehead atoms. The first-order valence-electron chi connectivity index (χ1n) is 17.2. The zero-order valence-corrected chi connectivity index (χ0v) is 27.4. The van der Waals surface area contributed by atoms with Crippen molar-refractivity contribution in [2.45, 2.75) is 0 Å². The van der Waals surface area contributed by atoms with Gasteiger partial charge in [0.1, 0.15) is 0 Å². The van der Waals surface area contributed by atoms with Crippen LogP contribution in [0.5, 0.6) is 0 Å². The van der Waals surface area contributed by atoms with Crippen LogP contribution in [-0.4, -0.2) is 9.13 Å². The van der Waals surface area contributed by atoms with E-state index in [1.807, 2.05) is 0 Å². The highest BCUT2D eigenvalue weighted by molar-refractivity contribution is 6.26. The zero-order valence-electron chi connectivity index (χ0n) is 27.4. The molecule has 0 saturated carbocycles. The molecule has 0 spiro atoms. The number of nitrogens with zero attached hydrogens (tertiary/aromatic N) is 2. The van der Waals surface area contributed by atoms with Crippen molar-refractivity contribution < 1.29 is 0 Å². The number of aromatic nitrogens is 2. The largest absolute Gasteiger partial charge is 0.309 e. The average molecular weight is 637 g/mol. The van der Waals surface area contributed by atoms with Crippen molar-refractivity contribution in [2.24, 2.45) is 0 Å². The van der Waals surface area contributed by atoms with E-state index in [2.05, 4.69) is 203 Å². The summed E-state index contributed by atoms with van der Waals surface area (Å²) in [6.07, 6.45) is 0. The van der Waals surface area contributed by atoms with E-state index in [-0.39, 0.29) is 0 Å². The topological polar surface area (TPSA) is 9.86 Å². The van der Waals surface area contributed by atoms with Gasteiger partial charge in [-0.15, -0.1) is 0 Å². The SMILES string of the molecule is c1ccc(-c2ccc(-c3ccc(-n4c5ccccc5c5c4ccc4c6ccccc6n(-c6cccc(-c7ccccc7)c6)c45)cc3)cc2)cc1. The van der Waals surface area contributed by atoms with E-state index in [9.17, 15) is 0 Å². The van der Waals surface area contributed by atoms with Gasteiger partial charge in [0.15, 0.2) is 0 Å². The molecule has 0 amide bonds. The van der Waals surface area contributed by atoms with Crippen LogP contribution < -0.4 is 0 Å². The predicted octanol–water partition coefficient (Wildman–Crippen LogP) is 12.9. The van der Waals surface area contributed by atoms with Gasteiger partial charge in [-0.25, -0.2) is 0 Å². The lowest BCUT2D eigenvalue weighted by atomic mass is 10.0. The molecule has 0 aliphatic heterocycles. The van der Waals surface area contributed by atoms with Crippen molar-refractivity contribution in [1.29, 1.82) is 0 Å². The molecular formula is C48H32N2. The van der Waals surface area contributed by atoms with E-state index in [0.717, 1.165) is 11.4 Å². The zero-order chi connectivity index (χ0) is 33.0. The molecule has 2 nitrogen and oxygen atoms in total. The van der Waals surface area contributed by atoms with Crippen LogP contribution >= 0.6 is 0 Å². The molecule has 2 aromatic heterocycles. The first-order chi connectivity index (χ1) is 24.8. The second kappa shape index (κ2) is 11.5. The van der Waals surface area contributed by atoms with E-state index in [0.29, 0.717) is 0 Å². The fourth-order valence-corrected chi connectivity index (χ4v) is 7.80. The second-order valence-corrected chi connectivity index (χ2v) is 13.0. The third kappa shape index (κ3) is 4.50. The van der Waals surface area contributed by atoms with Crippen molar-refractivity contribution in [1.82, 2.24) is 9.13 Å². The van der Waals surface area contributed by atoms with Crippen LogP contribution in [-0.2, 0) is 0 Å². The van der Waals surface area contributed by atoms with E-state index >= 15 is 0 Å². The maximum absolute atomic E-state index is 2.47. The highest BCUT2D eigenvalue weighted by Crippen LogP contribution is 2.42. The molecule has 0 aliphatic carbocycles. The summed E-state index contributed by atoms with van der Waals surface area (Å²) in [6, 6.07) is 70.3. The number of fused-ring (bicyclic) bond motifs is 7. The Labute approximate surface area is 290 Å². The minimum atomic E-state index is 1.15. The third-order valence-corrected chi connectivity index (χ3v) is 10.1. The maximum atomic E-state index is 2.47. The minimum absolute atomic E-state index is 1.15. The molecular weight excluding hydrogens is 605 g/mol. The highest BCUT2D eigenvalue weighted by atomic mass is 15.0. The molecule has 50 heavy (non-hydrogen) atoms. The second-order valence-electron chi connectivity index (χ2n) is 13.0. The molecule has 0 fully saturated rings. The monoisotopic (exact) mass is 636 g/mol. The predicted molar refractivity (Wildman–Crippen MR) is 211 cm³/mol. The van der Waals surface area contributed by atoms with Gasteiger partial charge in [0.05, 0.1) is 22.1 Å². The Balaban J connectivity index is 1.16. The Morgan fingerprint density at radius 1 is 0.260 bits per heavy atom. The van der Waals surface area contributed by atoms with Crippen molar-refractivity contribution in [3.05, 3.63) is 194 Å². The molecule has 2 heteroatoms. The number of para-hydroxylation sites is 2. The Kier molecular flexibility index (Phi) is 6.53. The van der Waals surface area contributed by atoms with Gasteiger partial charge in [-0.2, -0.15) is 0 Å². The molecule has 2 heterocycles. The van der Waals surface area contributed by atoms with Crippen LogP contribution in [0, 0.1) is 0 Å². The molecule has 0 atom stereocenters. The summed E-state index contributed by atoms with van der Waals surface area (Å²) in [4.78, 5) is 0. The van der Waals surface area contributed by atoms with Crippen LogP contribution in [0.4, 0.5) is 0 Å². The summed E-state index contributed by atoms with van der Waals surface area (Å²) >= 11 is 0. The molecule has 0 aliphatic rings. The molecule has 10 rings (SSSR count). The van der Waals surface area contributed by atoms with E-state index in [1.165, 1.54) is 77.0 Å². The third-order valence-electron chi connectivity index (χ3n) is 10.1. The van der Waals surface area contributed by atoms with Crippen molar-refractivity contribution in [3.8, 4) is 44.8 Å². The summed E-state index contributed by atoms with van der Waals surface area (Å²) in [5.74, 6) is 0. The fourth-order valence-electron chi connectivity index (χ4n) is 7.80. The summed E-state index contributed by atoms with van der Waals surface area (Å²) in [7, 11) is 0. The van der Waals surface area contributed by atoms with Crippen LogP contribution in [0.1, 0.15) is 0 Å². The van der Waals surface area contributed by atoms with Gasteiger partial charge in [0.25, 0.3) is 0 Å². The Bertz CT molecular complexity index is 2820. The first kappa shape index (κ1) is 28.4. The smallest absolute Gasteiger partial charge is 0.0641 e. The van der Waals surface area contributed by atoms with Gasteiger partial charge in [0, 0.05) is 32.9 Å². The number of hydrogen-bond donors (Lipinski definition) is 0. The molecule has 234 valence electrons. The lowest BCUT2D eigenvalue weighted by Crippen LogP contribution is -1.96. The van der Waals surface area contributed by atoms with Gasteiger partial charge < -0.3 is 9.13 Å².